The second-order valence-electron chi connectivity index (χ2n) is 3.94. The fraction of sp³-hybridized carbons (Fsp3) is 0.462. The Hall–Kier alpha value is -1.58. The van der Waals surface area contributed by atoms with Crippen LogP contribution in [0.4, 0.5) is 4.39 Å². The molecule has 0 unspecified atom stereocenters. The lowest BCUT2D eigenvalue weighted by atomic mass is 10.1. The van der Waals surface area contributed by atoms with Crippen molar-refractivity contribution < 1.29 is 9.13 Å². The molecule has 0 atom stereocenters. The van der Waals surface area contributed by atoms with E-state index < -0.39 is 0 Å². The first-order valence-corrected chi connectivity index (χ1v) is 5.83. The van der Waals surface area contributed by atoms with E-state index in [9.17, 15) is 4.39 Å². The van der Waals surface area contributed by atoms with Crippen LogP contribution in [-0.4, -0.2) is 19.1 Å². The molecule has 0 aliphatic rings. The third-order valence-electron chi connectivity index (χ3n) is 2.36. The summed E-state index contributed by atoms with van der Waals surface area (Å²) in [6, 6.07) is 7.54. The standard InChI is InChI=1S/C13H19FN2O/c14-8-2-1-3-9-17-12-6-4-11(5-7-12)10-13(15)16/h4-7H,1-3,8-10H2,(H3,15,16). The van der Waals surface area contributed by atoms with Gasteiger partial charge in [-0.2, -0.15) is 0 Å². The smallest absolute Gasteiger partial charge is 0.119 e. The summed E-state index contributed by atoms with van der Waals surface area (Å²) in [7, 11) is 0. The highest BCUT2D eigenvalue weighted by atomic mass is 19.1. The van der Waals surface area contributed by atoms with Crippen molar-refractivity contribution in [2.45, 2.75) is 25.7 Å². The minimum Gasteiger partial charge on any atom is -0.494 e. The van der Waals surface area contributed by atoms with E-state index in [1.165, 1.54) is 0 Å². The van der Waals surface area contributed by atoms with Gasteiger partial charge in [0.25, 0.3) is 0 Å². The molecule has 17 heavy (non-hydrogen) atoms. The molecule has 0 aliphatic heterocycles. The third kappa shape index (κ3) is 5.90. The molecular weight excluding hydrogens is 219 g/mol. The molecule has 1 aromatic rings. The number of hydrogen-bond donors (Lipinski definition) is 2. The summed E-state index contributed by atoms with van der Waals surface area (Å²) in [4.78, 5) is 0. The Bertz CT molecular complexity index is 338. The van der Waals surface area contributed by atoms with E-state index in [0.717, 1.165) is 24.2 Å². The van der Waals surface area contributed by atoms with E-state index in [4.69, 9.17) is 15.9 Å². The van der Waals surface area contributed by atoms with Crippen LogP contribution in [0.1, 0.15) is 24.8 Å². The topological polar surface area (TPSA) is 59.1 Å². The predicted octanol–water partition coefficient (Wildman–Crippen LogP) is 2.68. The summed E-state index contributed by atoms with van der Waals surface area (Å²) in [6.07, 6.45) is 2.82. The summed E-state index contributed by atoms with van der Waals surface area (Å²) < 4.78 is 17.3. The Balaban J connectivity index is 2.28. The molecule has 1 rings (SSSR count). The van der Waals surface area contributed by atoms with Crippen LogP contribution in [0.5, 0.6) is 5.75 Å². The van der Waals surface area contributed by atoms with Crippen LogP contribution in [0, 0.1) is 5.41 Å². The SMILES string of the molecule is N=C(N)Cc1ccc(OCCCCCF)cc1. The summed E-state index contributed by atoms with van der Waals surface area (Å²) in [6.45, 7) is 0.367. The lowest BCUT2D eigenvalue weighted by molar-refractivity contribution is 0.301. The van der Waals surface area contributed by atoms with E-state index in [1.807, 2.05) is 24.3 Å². The van der Waals surface area contributed by atoms with Gasteiger partial charge in [0.05, 0.1) is 19.1 Å². The Morgan fingerprint density at radius 1 is 1.18 bits per heavy atom. The second kappa shape index (κ2) is 7.65. The first-order chi connectivity index (χ1) is 8.22. The van der Waals surface area contributed by atoms with Crippen molar-refractivity contribution in [2.75, 3.05) is 13.3 Å². The van der Waals surface area contributed by atoms with Crippen LogP contribution < -0.4 is 10.5 Å². The van der Waals surface area contributed by atoms with Crippen LogP contribution in [0.25, 0.3) is 0 Å². The summed E-state index contributed by atoms with van der Waals surface area (Å²) in [5, 5.41) is 7.18. The van der Waals surface area contributed by atoms with Crippen molar-refractivity contribution in [3.63, 3.8) is 0 Å². The number of nitrogens with one attached hydrogen (secondary N) is 1. The largest absolute Gasteiger partial charge is 0.494 e. The Morgan fingerprint density at radius 3 is 2.47 bits per heavy atom. The number of ether oxygens (including phenoxy) is 1. The van der Waals surface area contributed by atoms with Crippen molar-refractivity contribution in [2.24, 2.45) is 5.73 Å². The van der Waals surface area contributed by atoms with Gasteiger partial charge in [0.2, 0.25) is 0 Å². The molecule has 0 radical (unpaired) electrons. The van der Waals surface area contributed by atoms with Gasteiger partial charge in [-0.25, -0.2) is 0 Å². The van der Waals surface area contributed by atoms with E-state index >= 15 is 0 Å². The van der Waals surface area contributed by atoms with Gasteiger partial charge in [0.1, 0.15) is 5.75 Å². The van der Waals surface area contributed by atoms with E-state index in [1.54, 1.807) is 0 Å². The van der Waals surface area contributed by atoms with Gasteiger partial charge in [-0.05, 0) is 37.0 Å². The zero-order valence-electron chi connectivity index (χ0n) is 9.92. The molecule has 0 aromatic heterocycles. The molecule has 3 nitrogen and oxygen atoms in total. The highest BCUT2D eigenvalue weighted by molar-refractivity contribution is 5.79. The first kappa shape index (κ1) is 13.5. The molecule has 0 amide bonds. The van der Waals surface area contributed by atoms with Crippen molar-refractivity contribution in [1.29, 1.82) is 5.41 Å². The van der Waals surface area contributed by atoms with Gasteiger partial charge in [-0.3, -0.25) is 9.80 Å². The number of hydrogen-bond acceptors (Lipinski definition) is 2. The van der Waals surface area contributed by atoms with Crippen LogP contribution in [0.15, 0.2) is 24.3 Å². The van der Waals surface area contributed by atoms with Crippen LogP contribution in [-0.2, 0) is 6.42 Å². The fourth-order valence-electron chi connectivity index (χ4n) is 1.49. The minimum absolute atomic E-state index is 0.157. The average molecular weight is 238 g/mol. The van der Waals surface area contributed by atoms with Gasteiger partial charge in [0.15, 0.2) is 0 Å². The Labute approximate surface area is 101 Å². The molecule has 0 bridgehead atoms. The van der Waals surface area contributed by atoms with Crippen molar-refractivity contribution in [3.05, 3.63) is 29.8 Å². The molecule has 0 saturated carbocycles. The Morgan fingerprint density at radius 2 is 1.88 bits per heavy atom. The molecule has 0 spiro atoms. The second-order valence-corrected chi connectivity index (χ2v) is 3.94. The van der Waals surface area contributed by atoms with E-state index in [-0.39, 0.29) is 12.5 Å². The van der Waals surface area contributed by atoms with Gasteiger partial charge in [-0.1, -0.05) is 12.1 Å². The molecule has 4 heteroatoms. The lowest BCUT2D eigenvalue weighted by Crippen LogP contribution is -2.12. The van der Waals surface area contributed by atoms with Gasteiger partial charge >= 0.3 is 0 Å². The minimum atomic E-state index is -0.250. The third-order valence-corrected chi connectivity index (χ3v) is 2.36. The molecule has 0 aliphatic carbocycles. The number of unbranched alkanes of at least 4 members (excludes halogenated alkanes) is 2. The van der Waals surface area contributed by atoms with Gasteiger partial charge < -0.3 is 10.5 Å². The van der Waals surface area contributed by atoms with Gasteiger partial charge in [-0.15, -0.1) is 0 Å². The molecule has 1 aromatic carbocycles. The van der Waals surface area contributed by atoms with Crippen LogP contribution >= 0.6 is 0 Å². The molecular formula is C13H19FN2O. The fourth-order valence-corrected chi connectivity index (χ4v) is 1.49. The summed E-state index contributed by atoms with van der Waals surface area (Å²) >= 11 is 0. The Kier molecular flexibility index (Phi) is 6.07. The number of alkyl halides is 1. The highest BCUT2D eigenvalue weighted by Gasteiger charge is 1.97. The quantitative estimate of drug-likeness (QED) is 0.415. The molecule has 0 fully saturated rings. The zero-order chi connectivity index (χ0) is 12.5. The highest BCUT2D eigenvalue weighted by Crippen LogP contribution is 2.13. The molecule has 0 heterocycles. The monoisotopic (exact) mass is 238 g/mol. The maximum Gasteiger partial charge on any atom is 0.119 e. The van der Waals surface area contributed by atoms with Gasteiger partial charge in [0, 0.05) is 6.42 Å². The van der Waals surface area contributed by atoms with Crippen LogP contribution in [0.3, 0.4) is 0 Å². The number of benzene rings is 1. The average Bonchev–Trinajstić information content (AvgIpc) is 2.30. The summed E-state index contributed by atoms with van der Waals surface area (Å²) in [5.74, 6) is 0.961. The predicted molar refractivity (Wildman–Crippen MR) is 67.4 cm³/mol. The van der Waals surface area contributed by atoms with E-state index in [0.29, 0.717) is 19.4 Å². The van der Waals surface area contributed by atoms with E-state index in [2.05, 4.69) is 0 Å². The first-order valence-electron chi connectivity index (χ1n) is 5.83. The molecule has 3 N–H and O–H groups in total. The van der Waals surface area contributed by atoms with Crippen molar-refractivity contribution >= 4 is 5.84 Å². The maximum atomic E-state index is 11.8. The number of halogens is 1. The number of amidine groups is 1. The van der Waals surface area contributed by atoms with Crippen molar-refractivity contribution in [3.8, 4) is 5.75 Å². The molecule has 0 saturated heterocycles. The van der Waals surface area contributed by atoms with Crippen molar-refractivity contribution in [1.82, 2.24) is 0 Å². The zero-order valence-corrected chi connectivity index (χ0v) is 9.92. The number of rotatable bonds is 8. The number of nitrogens with two attached hydrogens (primary N) is 1. The molecule has 94 valence electrons. The normalized spacial score (nSPS) is 10.2. The lowest BCUT2D eigenvalue weighted by Gasteiger charge is -2.06. The maximum absolute atomic E-state index is 11.8. The summed E-state index contributed by atoms with van der Waals surface area (Å²) in [5.41, 5.74) is 6.31. The van der Waals surface area contributed by atoms with Crippen LogP contribution in [0.2, 0.25) is 0 Å².